The van der Waals surface area contributed by atoms with E-state index in [4.69, 9.17) is 0 Å². The summed E-state index contributed by atoms with van der Waals surface area (Å²) in [6.07, 6.45) is 8.30. The monoisotopic (exact) mass is 279 g/mol. The summed E-state index contributed by atoms with van der Waals surface area (Å²) in [6.45, 7) is 7.00. The molecule has 1 heterocycles. The Morgan fingerprint density at radius 1 is 1.21 bits per heavy atom. The first-order chi connectivity index (χ1) is 9.16. The van der Waals surface area contributed by atoms with E-state index in [1.165, 1.54) is 38.5 Å². The summed E-state index contributed by atoms with van der Waals surface area (Å²) in [5.74, 6) is 1.68. The van der Waals surface area contributed by atoms with Gasteiger partial charge in [0.2, 0.25) is 0 Å². The molecule has 2 rings (SSSR count). The SMILES string of the molecule is CC(C)CCC(C)NC(c1cccs1)C1CCCC1. The highest BCUT2D eigenvalue weighted by molar-refractivity contribution is 7.10. The third kappa shape index (κ3) is 4.61. The Morgan fingerprint density at radius 3 is 2.53 bits per heavy atom. The lowest BCUT2D eigenvalue weighted by Gasteiger charge is -2.28. The molecule has 1 aliphatic rings. The average molecular weight is 279 g/mol. The van der Waals surface area contributed by atoms with Gasteiger partial charge in [0.25, 0.3) is 0 Å². The van der Waals surface area contributed by atoms with Gasteiger partial charge >= 0.3 is 0 Å². The van der Waals surface area contributed by atoms with Crippen LogP contribution in [0.2, 0.25) is 0 Å². The van der Waals surface area contributed by atoms with Gasteiger partial charge in [-0.05, 0) is 55.9 Å². The Labute approximate surface area is 122 Å². The molecular weight excluding hydrogens is 250 g/mol. The van der Waals surface area contributed by atoms with Gasteiger partial charge in [-0.2, -0.15) is 0 Å². The molecule has 1 aliphatic carbocycles. The van der Waals surface area contributed by atoms with Crippen LogP contribution in [0.15, 0.2) is 17.5 Å². The van der Waals surface area contributed by atoms with Crippen LogP contribution in [0, 0.1) is 11.8 Å². The molecule has 0 amide bonds. The average Bonchev–Trinajstić information content (AvgIpc) is 3.05. The predicted octanol–water partition coefficient (Wildman–Crippen LogP) is 5.39. The van der Waals surface area contributed by atoms with Crippen LogP contribution in [-0.4, -0.2) is 6.04 Å². The van der Waals surface area contributed by atoms with E-state index in [2.05, 4.69) is 43.6 Å². The van der Waals surface area contributed by atoms with E-state index in [9.17, 15) is 0 Å². The Morgan fingerprint density at radius 2 is 1.95 bits per heavy atom. The largest absolute Gasteiger partial charge is 0.306 e. The summed E-state index contributed by atoms with van der Waals surface area (Å²) in [5, 5.41) is 6.15. The molecule has 108 valence electrons. The third-order valence-electron chi connectivity index (χ3n) is 4.36. The van der Waals surface area contributed by atoms with Gasteiger partial charge in [-0.15, -0.1) is 11.3 Å². The second-order valence-electron chi connectivity index (χ2n) is 6.58. The van der Waals surface area contributed by atoms with Gasteiger partial charge in [0.1, 0.15) is 0 Å². The Bertz CT molecular complexity index is 338. The van der Waals surface area contributed by atoms with E-state index in [-0.39, 0.29) is 0 Å². The lowest BCUT2D eigenvalue weighted by atomic mass is 9.95. The molecule has 2 atom stereocenters. The van der Waals surface area contributed by atoms with Crippen LogP contribution in [0.25, 0.3) is 0 Å². The maximum absolute atomic E-state index is 3.93. The summed E-state index contributed by atoms with van der Waals surface area (Å²) in [5.41, 5.74) is 0. The normalized spacial score (nSPS) is 20.0. The molecule has 1 aromatic heterocycles. The van der Waals surface area contributed by atoms with Crippen molar-refractivity contribution in [3.05, 3.63) is 22.4 Å². The molecule has 0 radical (unpaired) electrons. The van der Waals surface area contributed by atoms with Gasteiger partial charge in [-0.1, -0.05) is 32.8 Å². The first-order valence-corrected chi connectivity index (χ1v) is 8.84. The van der Waals surface area contributed by atoms with Crippen molar-refractivity contribution in [2.45, 2.75) is 71.4 Å². The number of thiophene rings is 1. The maximum Gasteiger partial charge on any atom is 0.0445 e. The van der Waals surface area contributed by atoms with Crippen molar-refractivity contribution in [2.24, 2.45) is 11.8 Å². The first-order valence-electron chi connectivity index (χ1n) is 7.96. The summed E-state index contributed by atoms with van der Waals surface area (Å²) < 4.78 is 0. The molecule has 2 heteroatoms. The zero-order valence-corrected chi connectivity index (χ0v) is 13.5. The molecule has 0 saturated heterocycles. The standard InChI is InChI=1S/C17H29NS/c1-13(2)10-11-14(3)18-17(15-7-4-5-8-15)16-9-6-12-19-16/h6,9,12-15,17-18H,4-5,7-8,10-11H2,1-3H3. The molecule has 1 saturated carbocycles. The molecule has 1 fully saturated rings. The number of hydrogen-bond donors (Lipinski definition) is 1. The van der Waals surface area contributed by atoms with E-state index in [1.54, 1.807) is 4.88 Å². The fourth-order valence-electron chi connectivity index (χ4n) is 3.18. The second kappa shape index (κ2) is 7.44. The minimum atomic E-state index is 0.602. The van der Waals surface area contributed by atoms with Gasteiger partial charge in [0.05, 0.1) is 0 Å². The van der Waals surface area contributed by atoms with Crippen LogP contribution < -0.4 is 5.32 Å². The quantitative estimate of drug-likeness (QED) is 0.705. The van der Waals surface area contributed by atoms with E-state index in [0.717, 1.165) is 11.8 Å². The number of nitrogens with one attached hydrogen (secondary N) is 1. The summed E-state index contributed by atoms with van der Waals surface area (Å²) in [6, 6.07) is 5.75. The van der Waals surface area contributed by atoms with Crippen molar-refractivity contribution in [3.8, 4) is 0 Å². The highest BCUT2D eigenvalue weighted by Gasteiger charge is 2.27. The van der Waals surface area contributed by atoms with Gasteiger partial charge in [0, 0.05) is 17.0 Å². The van der Waals surface area contributed by atoms with Crippen molar-refractivity contribution in [1.29, 1.82) is 0 Å². The smallest absolute Gasteiger partial charge is 0.0445 e. The minimum absolute atomic E-state index is 0.602. The van der Waals surface area contributed by atoms with Crippen molar-refractivity contribution >= 4 is 11.3 Å². The summed E-state index contributed by atoms with van der Waals surface area (Å²) in [7, 11) is 0. The van der Waals surface area contributed by atoms with Crippen LogP contribution in [0.3, 0.4) is 0 Å². The van der Waals surface area contributed by atoms with Crippen LogP contribution in [-0.2, 0) is 0 Å². The molecule has 0 aromatic carbocycles. The van der Waals surface area contributed by atoms with E-state index in [0.29, 0.717) is 12.1 Å². The number of hydrogen-bond acceptors (Lipinski definition) is 2. The second-order valence-corrected chi connectivity index (χ2v) is 7.56. The molecule has 2 unspecified atom stereocenters. The van der Waals surface area contributed by atoms with Gasteiger partial charge in [-0.25, -0.2) is 0 Å². The maximum atomic E-state index is 3.93. The molecule has 1 nitrogen and oxygen atoms in total. The Kier molecular flexibility index (Phi) is 5.90. The summed E-state index contributed by atoms with van der Waals surface area (Å²) in [4.78, 5) is 1.54. The molecule has 0 aliphatic heterocycles. The topological polar surface area (TPSA) is 12.0 Å². The Balaban J connectivity index is 1.94. The van der Waals surface area contributed by atoms with Gasteiger partial charge in [-0.3, -0.25) is 0 Å². The lowest BCUT2D eigenvalue weighted by Crippen LogP contribution is -2.34. The fraction of sp³-hybridized carbons (Fsp3) is 0.765. The molecule has 0 spiro atoms. The zero-order chi connectivity index (χ0) is 13.7. The van der Waals surface area contributed by atoms with Crippen LogP contribution in [0.4, 0.5) is 0 Å². The molecule has 0 bridgehead atoms. The van der Waals surface area contributed by atoms with E-state index < -0.39 is 0 Å². The lowest BCUT2D eigenvalue weighted by molar-refractivity contribution is 0.323. The first kappa shape index (κ1) is 15.1. The molecule has 1 N–H and O–H groups in total. The highest BCUT2D eigenvalue weighted by atomic mass is 32.1. The molecule has 1 aromatic rings. The van der Waals surface area contributed by atoms with E-state index >= 15 is 0 Å². The van der Waals surface area contributed by atoms with Gasteiger partial charge in [0.15, 0.2) is 0 Å². The number of rotatable bonds is 7. The van der Waals surface area contributed by atoms with Crippen LogP contribution in [0.5, 0.6) is 0 Å². The molecule has 19 heavy (non-hydrogen) atoms. The summed E-state index contributed by atoms with van der Waals surface area (Å²) >= 11 is 1.92. The van der Waals surface area contributed by atoms with Crippen molar-refractivity contribution < 1.29 is 0 Å². The van der Waals surface area contributed by atoms with Crippen molar-refractivity contribution in [1.82, 2.24) is 5.32 Å². The predicted molar refractivity (Wildman–Crippen MR) is 85.7 cm³/mol. The minimum Gasteiger partial charge on any atom is -0.306 e. The van der Waals surface area contributed by atoms with Crippen molar-refractivity contribution in [3.63, 3.8) is 0 Å². The Hall–Kier alpha value is -0.340. The van der Waals surface area contributed by atoms with Gasteiger partial charge < -0.3 is 5.32 Å². The van der Waals surface area contributed by atoms with Crippen molar-refractivity contribution in [2.75, 3.05) is 0 Å². The zero-order valence-electron chi connectivity index (χ0n) is 12.7. The van der Waals surface area contributed by atoms with Crippen LogP contribution >= 0.6 is 11.3 Å². The molecular formula is C17H29NS. The van der Waals surface area contributed by atoms with Crippen LogP contribution in [0.1, 0.15) is 70.2 Å². The highest BCUT2D eigenvalue weighted by Crippen LogP contribution is 2.37. The fourth-order valence-corrected chi connectivity index (χ4v) is 4.06. The van der Waals surface area contributed by atoms with E-state index in [1.807, 2.05) is 11.3 Å². The third-order valence-corrected chi connectivity index (χ3v) is 5.32.